The van der Waals surface area contributed by atoms with Gasteiger partial charge in [-0.05, 0) is 36.8 Å². The number of halogens is 1. The fourth-order valence-corrected chi connectivity index (χ4v) is 2.21. The van der Waals surface area contributed by atoms with Crippen LogP contribution < -0.4 is 10.5 Å². The Morgan fingerprint density at radius 2 is 1.90 bits per heavy atom. The summed E-state index contributed by atoms with van der Waals surface area (Å²) in [6.45, 7) is 2.25. The van der Waals surface area contributed by atoms with E-state index in [1.54, 1.807) is 18.2 Å². The van der Waals surface area contributed by atoms with E-state index in [1.807, 2.05) is 6.92 Å². The number of primary sulfonamides is 1. The molecule has 7 heteroatoms. The van der Waals surface area contributed by atoms with Gasteiger partial charge in [0.15, 0.2) is 0 Å². The van der Waals surface area contributed by atoms with Gasteiger partial charge in [0.05, 0.1) is 6.54 Å². The zero-order valence-electron chi connectivity index (χ0n) is 10.8. The minimum Gasteiger partial charge on any atom is -0.447 e. The van der Waals surface area contributed by atoms with Crippen LogP contribution in [0.5, 0.6) is 0 Å². The molecule has 0 aliphatic carbocycles. The van der Waals surface area contributed by atoms with E-state index in [2.05, 4.69) is 5.32 Å². The van der Waals surface area contributed by atoms with Gasteiger partial charge in [0, 0.05) is 6.04 Å². The number of furan rings is 1. The van der Waals surface area contributed by atoms with Crippen LogP contribution in [-0.4, -0.2) is 8.42 Å². The van der Waals surface area contributed by atoms with E-state index < -0.39 is 10.0 Å². The summed E-state index contributed by atoms with van der Waals surface area (Å²) in [6, 6.07) is 8.98. The second-order valence-electron chi connectivity index (χ2n) is 4.42. The molecular formula is C13H15FN2O3S. The summed E-state index contributed by atoms with van der Waals surface area (Å²) in [5.41, 5.74) is 0.921. The van der Waals surface area contributed by atoms with E-state index in [0.29, 0.717) is 12.3 Å². The van der Waals surface area contributed by atoms with E-state index in [4.69, 9.17) is 9.56 Å². The lowest BCUT2D eigenvalue weighted by atomic mass is 10.1. The first-order chi connectivity index (χ1) is 9.36. The van der Waals surface area contributed by atoms with Crippen molar-refractivity contribution in [2.75, 3.05) is 0 Å². The third kappa shape index (κ3) is 3.66. The summed E-state index contributed by atoms with van der Waals surface area (Å²) in [5, 5.41) is 7.84. The molecule has 2 aromatic rings. The van der Waals surface area contributed by atoms with Gasteiger partial charge >= 0.3 is 0 Å². The predicted molar refractivity (Wildman–Crippen MR) is 71.7 cm³/mol. The Labute approximate surface area is 116 Å². The van der Waals surface area contributed by atoms with E-state index in [1.165, 1.54) is 18.2 Å². The van der Waals surface area contributed by atoms with Gasteiger partial charge in [-0.2, -0.15) is 0 Å². The molecular weight excluding hydrogens is 283 g/mol. The van der Waals surface area contributed by atoms with Crippen molar-refractivity contribution in [3.05, 3.63) is 53.5 Å². The van der Waals surface area contributed by atoms with E-state index in [-0.39, 0.29) is 17.0 Å². The predicted octanol–water partition coefficient (Wildman–Crippen LogP) is 1.92. The van der Waals surface area contributed by atoms with Crippen molar-refractivity contribution in [2.45, 2.75) is 24.6 Å². The van der Waals surface area contributed by atoms with Crippen LogP contribution in [0.15, 0.2) is 45.9 Å². The van der Waals surface area contributed by atoms with Crippen molar-refractivity contribution in [2.24, 2.45) is 5.14 Å². The summed E-state index contributed by atoms with van der Waals surface area (Å²) in [4.78, 5) is 0. The molecule has 3 N–H and O–H groups in total. The number of nitrogens with one attached hydrogen (secondary N) is 1. The first kappa shape index (κ1) is 14.7. The Morgan fingerprint density at radius 3 is 2.45 bits per heavy atom. The van der Waals surface area contributed by atoms with E-state index in [0.717, 1.165) is 5.56 Å². The molecule has 2 rings (SSSR count). The highest BCUT2D eigenvalue weighted by atomic mass is 32.2. The molecule has 0 unspecified atom stereocenters. The van der Waals surface area contributed by atoms with Crippen LogP contribution in [0.1, 0.15) is 24.3 Å². The second kappa shape index (κ2) is 5.74. The molecule has 0 saturated heterocycles. The minimum atomic E-state index is -3.81. The largest absolute Gasteiger partial charge is 0.447 e. The summed E-state index contributed by atoms with van der Waals surface area (Å²) >= 11 is 0. The molecule has 1 aromatic carbocycles. The fourth-order valence-electron chi connectivity index (χ4n) is 1.73. The summed E-state index contributed by atoms with van der Waals surface area (Å²) in [7, 11) is -3.81. The quantitative estimate of drug-likeness (QED) is 0.883. The summed E-state index contributed by atoms with van der Waals surface area (Å²) in [6.07, 6.45) is 0. The second-order valence-corrected chi connectivity index (χ2v) is 5.91. The van der Waals surface area contributed by atoms with Crippen LogP contribution >= 0.6 is 0 Å². The molecule has 0 amide bonds. The molecule has 1 atom stereocenters. The average Bonchev–Trinajstić information content (AvgIpc) is 2.85. The average molecular weight is 298 g/mol. The Hall–Kier alpha value is -1.70. The summed E-state index contributed by atoms with van der Waals surface area (Å²) < 4.78 is 40.1. The third-order valence-electron chi connectivity index (χ3n) is 2.87. The van der Waals surface area contributed by atoms with Gasteiger partial charge in [-0.1, -0.05) is 12.1 Å². The SMILES string of the molecule is C[C@@H](NCc1ccc(S(N)(=O)=O)o1)c1ccc(F)cc1. The van der Waals surface area contributed by atoms with Crippen LogP contribution in [0, 0.1) is 5.82 Å². The topological polar surface area (TPSA) is 85.3 Å². The molecule has 0 saturated carbocycles. The van der Waals surface area contributed by atoms with Gasteiger partial charge in [-0.15, -0.1) is 0 Å². The van der Waals surface area contributed by atoms with Crippen LogP contribution in [0.2, 0.25) is 0 Å². The molecule has 1 heterocycles. The molecule has 1 aromatic heterocycles. The van der Waals surface area contributed by atoms with Crippen molar-refractivity contribution in [1.82, 2.24) is 5.32 Å². The van der Waals surface area contributed by atoms with Crippen LogP contribution in [0.4, 0.5) is 4.39 Å². The third-order valence-corrected chi connectivity index (χ3v) is 3.65. The highest BCUT2D eigenvalue weighted by molar-refractivity contribution is 7.89. The molecule has 0 aliphatic rings. The number of sulfonamides is 1. The van der Waals surface area contributed by atoms with Crippen molar-refractivity contribution >= 4 is 10.0 Å². The van der Waals surface area contributed by atoms with Crippen molar-refractivity contribution in [1.29, 1.82) is 0 Å². The number of hydrogen-bond acceptors (Lipinski definition) is 4. The zero-order valence-corrected chi connectivity index (χ0v) is 11.7. The van der Waals surface area contributed by atoms with Gasteiger partial charge in [0.1, 0.15) is 11.6 Å². The maximum absolute atomic E-state index is 12.8. The molecule has 0 radical (unpaired) electrons. The van der Waals surface area contributed by atoms with Gasteiger partial charge in [-0.3, -0.25) is 0 Å². The standard InChI is InChI=1S/C13H15FN2O3S/c1-9(10-2-4-11(14)5-3-10)16-8-12-6-7-13(19-12)20(15,17)18/h2-7,9,16H,8H2,1H3,(H2,15,17,18)/t9-/m1/s1. The fraction of sp³-hybridized carbons (Fsp3) is 0.231. The molecule has 0 spiro atoms. The summed E-state index contributed by atoms with van der Waals surface area (Å²) in [5.74, 6) is 0.174. The number of hydrogen-bond donors (Lipinski definition) is 2. The highest BCUT2D eigenvalue weighted by Crippen LogP contribution is 2.16. The first-order valence-corrected chi connectivity index (χ1v) is 7.51. The van der Waals surface area contributed by atoms with Crippen LogP contribution in [0.3, 0.4) is 0 Å². The number of nitrogens with two attached hydrogens (primary N) is 1. The van der Waals surface area contributed by atoms with E-state index >= 15 is 0 Å². The molecule has 0 bridgehead atoms. The van der Waals surface area contributed by atoms with Crippen LogP contribution in [-0.2, 0) is 16.6 Å². The van der Waals surface area contributed by atoms with Gasteiger partial charge < -0.3 is 9.73 Å². The Balaban J connectivity index is 1.98. The van der Waals surface area contributed by atoms with Crippen molar-refractivity contribution < 1.29 is 17.2 Å². The minimum absolute atomic E-state index is 0.0290. The van der Waals surface area contributed by atoms with Crippen molar-refractivity contribution in [3.63, 3.8) is 0 Å². The zero-order chi connectivity index (χ0) is 14.8. The number of rotatable bonds is 5. The van der Waals surface area contributed by atoms with Gasteiger partial charge in [0.2, 0.25) is 5.09 Å². The van der Waals surface area contributed by atoms with Crippen molar-refractivity contribution in [3.8, 4) is 0 Å². The Bertz CT molecular complexity index is 680. The maximum atomic E-state index is 12.8. The molecule has 0 fully saturated rings. The lowest BCUT2D eigenvalue weighted by molar-refractivity contribution is 0.393. The first-order valence-electron chi connectivity index (χ1n) is 5.96. The number of benzene rings is 1. The molecule has 108 valence electrons. The van der Waals surface area contributed by atoms with Crippen LogP contribution in [0.25, 0.3) is 0 Å². The smallest absolute Gasteiger partial charge is 0.271 e. The monoisotopic (exact) mass is 298 g/mol. The Morgan fingerprint density at radius 1 is 1.25 bits per heavy atom. The highest BCUT2D eigenvalue weighted by Gasteiger charge is 2.13. The molecule has 5 nitrogen and oxygen atoms in total. The van der Waals surface area contributed by atoms with E-state index in [9.17, 15) is 12.8 Å². The lowest BCUT2D eigenvalue weighted by Crippen LogP contribution is -2.17. The normalized spacial score (nSPS) is 13.3. The molecule has 20 heavy (non-hydrogen) atoms. The Kier molecular flexibility index (Phi) is 4.22. The maximum Gasteiger partial charge on any atom is 0.271 e. The molecule has 0 aliphatic heterocycles. The van der Waals surface area contributed by atoms with Gasteiger partial charge in [-0.25, -0.2) is 17.9 Å². The van der Waals surface area contributed by atoms with Gasteiger partial charge in [0.25, 0.3) is 10.0 Å². The lowest BCUT2D eigenvalue weighted by Gasteiger charge is -2.13.